The molecule has 0 unspecified atom stereocenters. The molecule has 0 aliphatic carbocycles. The molecule has 2 atom stereocenters. The van der Waals surface area contributed by atoms with E-state index in [1.165, 1.54) is 6.92 Å². The van der Waals surface area contributed by atoms with Gasteiger partial charge >= 0.3 is 5.97 Å². The van der Waals surface area contributed by atoms with Gasteiger partial charge in [0, 0.05) is 17.4 Å². The molecule has 0 radical (unpaired) electrons. The number of fused-ring (bicyclic) bond motifs is 1. The number of hydrogen-bond acceptors (Lipinski definition) is 6. The molecule has 0 fully saturated rings. The van der Waals surface area contributed by atoms with Crippen molar-refractivity contribution in [1.29, 1.82) is 0 Å². The fraction of sp³-hybridized carbons (Fsp3) is 0.235. The molecule has 2 heterocycles. The summed E-state index contributed by atoms with van der Waals surface area (Å²) >= 11 is 0. The van der Waals surface area contributed by atoms with Crippen LogP contribution in [0, 0.1) is 0 Å². The van der Waals surface area contributed by atoms with Crippen LogP contribution < -0.4 is 5.73 Å². The topological polar surface area (TPSA) is 134 Å². The molecule has 1 aromatic heterocycles. The van der Waals surface area contributed by atoms with Gasteiger partial charge in [-0.3, -0.25) is 14.4 Å². The monoisotopic (exact) mass is 342 g/mol. The number of carbonyl (C=O) groups is 1. The lowest BCUT2D eigenvalue weighted by atomic mass is 10.1. The van der Waals surface area contributed by atoms with Gasteiger partial charge in [-0.1, -0.05) is 18.2 Å². The number of aliphatic hydroxyl groups excluding tert-OH is 1. The number of allylic oxidation sites excluding steroid dienone is 1. The van der Waals surface area contributed by atoms with Gasteiger partial charge in [-0.25, -0.2) is 4.98 Å². The van der Waals surface area contributed by atoms with Crippen LogP contribution in [0.5, 0.6) is 5.88 Å². The van der Waals surface area contributed by atoms with Crippen molar-refractivity contribution in [3.8, 4) is 5.88 Å². The average molecular weight is 342 g/mol. The molecule has 0 spiro atoms. The third-order valence-electron chi connectivity index (χ3n) is 3.96. The number of aromatic nitrogens is 2. The molecule has 130 valence electrons. The normalized spacial score (nSPS) is 16.8. The number of benzene rings is 1. The number of aliphatic imine (C=N–C) groups is 1. The van der Waals surface area contributed by atoms with Gasteiger partial charge in [-0.05, 0) is 19.1 Å². The highest BCUT2D eigenvalue weighted by Crippen LogP contribution is 2.34. The highest BCUT2D eigenvalue weighted by molar-refractivity contribution is 6.21. The minimum atomic E-state index is -1.15. The van der Waals surface area contributed by atoms with Crippen molar-refractivity contribution in [1.82, 2.24) is 9.55 Å². The number of carboxylic acids is 1. The van der Waals surface area contributed by atoms with E-state index in [0.29, 0.717) is 0 Å². The zero-order chi connectivity index (χ0) is 18.1. The fourth-order valence-electron chi connectivity index (χ4n) is 2.64. The number of aliphatic carboxylic acids is 1. The van der Waals surface area contributed by atoms with E-state index in [9.17, 15) is 15.0 Å². The first-order valence-corrected chi connectivity index (χ1v) is 7.68. The Morgan fingerprint density at radius 3 is 2.80 bits per heavy atom. The summed E-state index contributed by atoms with van der Waals surface area (Å²) in [6.45, 7) is 0.960. The molecule has 1 aromatic carbocycles. The quantitative estimate of drug-likeness (QED) is 0.647. The molecule has 1 aliphatic heterocycles. The third kappa shape index (κ3) is 3.17. The summed E-state index contributed by atoms with van der Waals surface area (Å²) in [7, 11) is 0. The molecule has 25 heavy (non-hydrogen) atoms. The Hall–Kier alpha value is -2.97. The lowest BCUT2D eigenvalue weighted by Gasteiger charge is -2.15. The Labute approximate surface area is 143 Å². The van der Waals surface area contributed by atoms with Gasteiger partial charge in [0.2, 0.25) is 5.88 Å². The minimum absolute atomic E-state index is 0.102. The van der Waals surface area contributed by atoms with Gasteiger partial charge in [0.05, 0.1) is 17.8 Å². The summed E-state index contributed by atoms with van der Waals surface area (Å²) < 4.78 is 1.09. The van der Waals surface area contributed by atoms with Crippen molar-refractivity contribution in [3.05, 3.63) is 41.3 Å². The fourth-order valence-corrected chi connectivity index (χ4v) is 2.64. The van der Waals surface area contributed by atoms with Crippen molar-refractivity contribution < 1.29 is 20.1 Å². The number of aliphatic hydroxyl groups is 1. The molecule has 8 heteroatoms. The summed E-state index contributed by atoms with van der Waals surface area (Å²) in [5.41, 5.74) is 8.50. The Kier molecular flexibility index (Phi) is 4.39. The number of nitrogens with zero attached hydrogens (tertiary/aromatic N) is 3. The highest BCUT2D eigenvalue weighted by atomic mass is 16.4. The van der Waals surface area contributed by atoms with E-state index in [2.05, 4.69) is 9.98 Å². The predicted octanol–water partition coefficient (Wildman–Crippen LogP) is 1.31. The van der Waals surface area contributed by atoms with Crippen LogP contribution in [-0.2, 0) is 11.3 Å². The van der Waals surface area contributed by atoms with Crippen LogP contribution in [0.2, 0.25) is 0 Å². The predicted molar refractivity (Wildman–Crippen MR) is 92.6 cm³/mol. The first-order chi connectivity index (χ1) is 11.9. The highest BCUT2D eigenvalue weighted by Gasteiger charge is 2.25. The zero-order valence-electron chi connectivity index (χ0n) is 13.5. The zero-order valence-corrected chi connectivity index (χ0v) is 13.5. The second-order valence-corrected chi connectivity index (χ2v) is 5.80. The van der Waals surface area contributed by atoms with Gasteiger partial charge < -0.3 is 21.1 Å². The van der Waals surface area contributed by atoms with E-state index in [1.54, 1.807) is 12.3 Å². The van der Waals surface area contributed by atoms with Crippen molar-refractivity contribution in [2.75, 3.05) is 0 Å². The van der Waals surface area contributed by atoms with Crippen LogP contribution in [0.15, 0.2) is 29.3 Å². The molecular weight excluding hydrogens is 324 g/mol. The van der Waals surface area contributed by atoms with Crippen LogP contribution in [0.1, 0.15) is 30.0 Å². The lowest BCUT2D eigenvalue weighted by Crippen LogP contribution is -2.27. The number of nitrogens with two attached hydrogens (primary N) is 1. The summed E-state index contributed by atoms with van der Waals surface area (Å²) in [5.74, 6) is -1.37. The molecular formula is C17H18N4O4. The summed E-state index contributed by atoms with van der Waals surface area (Å²) in [6, 6.07) is 6.57. The van der Waals surface area contributed by atoms with Crippen LogP contribution in [0.25, 0.3) is 11.6 Å². The van der Waals surface area contributed by atoms with Gasteiger partial charge in [0.1, 0.15) is 18.1 Å². The van der Waals surface area contributed by atoms with Crippen LogP contribution in [0.4, 0.5) is 5.69 Å². The maximum Gasteiger partial charge on any atom is 0.323 e. The number of hydrogen-bond donors (Lipinski definition) is 4. The Morgan fingerprint density at radius 2 is 2.12 bits per heavy atom. The Morgan fingerprint density at radius 1 is 1.40 bits per heavy atom. The maximum absolute atomic E-state index is 11.1. The molecule has 8 nitrogen and oxygen atoms in total. The minimum Gasteiger partial charge on any atom is -0.493 e. The number of para-hydroxylation sites is 1. The van der Waals surface area contributed by atoms with Crippen molar-refractivity contribution >= 4 is 29.5 Å². The van der Waals surface area contributed by atoms with Crippen LogP contribution >= 0.6 is 0 Å². The molecule has 0 saturated carbocycles. The van der Waals surface area contributed by atoms with Gasteiger partial charge in [0.25, 0.3) is 0 Å². The summed E-state index contributed by atoms with van der Waals surface area (Å²) in [5, 5.41) is 29.2. The molecule has 0 bridgehead atoms. The molecule has 0 amide bonds. The second-order valence-electron chi connectivity index (χ2n) is 5.80. The van der Waals surface area contributed by atoms with Crippen LogP contribution in [-0.4, -0.2) is 43.2 Å². The largest absolute Gasteiger partial charge is 0.493 e. The van der Waals surface area contributed by atoms with Crippen molar-refractivity contribution in [2.45, 2.75) is 25.6 Å². The molecule has 2 aromatic rings. The first-order valence-electron chi connectivity index (χ1n) is 7.68. The van der Waals surface area contributed by atoms with E-state index in [4.69, 9.17) is 10.8 Å². The lowest BCUT2D eigenvalue weighted by molar-refractivity contribution is -0.137. The second kappa shape index (κ2) is 6.50. The smallest absolute Gasteiger partial charge is 0.323 e. The first kappa shape index (κ1) is 16.9. The Bertz CT molecular complexity index is 883. The molecule has 0 saturated heterocycles. The van der Waals surface area contributed by atoms with Crippen molar-refractivity contribution in [3.63, 3.8) is 0 Å². The molecule has 1 aliphatic rings. The van der Waals surface area contributed by atoms with E-state index in [1.807, 2.05) is 24.3 Å². The SMILES string of the molecule is C[C@@H](O)[C@H](N)c1nc(C=C2C=Nc3ccccc32)c(O)n1CC(=O)O. The number of carboxylic acid groups (broad SMARTS) is 1. The van der Waals surface area contributed by atoms with E-state index >= 15 is 0 Å². The number of aromatic hydroxyl groups is 1. The standard InChI is InChI=1S/C17H18N4O4/c1-9(22)15(18)16-20-13(17(25)21(16)8-14(23)24)6-10-7-19-12-5-3-2-4-11(10)12/h2-7,9,15,22,25H,8,18H2,1H3,(H,23,24)/t9-,15+/m1/s1. The maximum atomic E-state index is 11.1. The van der Waals surface area contributed by atoms with Gasteiger partial charge in [-0.2, -0.15) is 0 Å². The summed E-state index contributed by atoms with van der Waals surface area (Å²) in [6.07, 6.45) is 2.30. The summed E-state index contributed by atoms with van der Waals surface area (Å²) in [4.78, 5) is 19.6. The average Bonchev–Trinajstić information content (AvgIpc) is 3.10. The molecule has 5 N–H and O–H groups in total. The number of rotatable bonds is 5. The van der Waals surface area contributed by atoms with E-state index in [-0.39, 0.29) is 17.4 Å². The Balaban J connectivity index is 2.07. The molecule has 3 rings (SSSR count). The van der Waals surface area contributed by atoms with Gasteiger partial charge in [-0.15, -0.1) is 0 Å². The van der Waals surface area contributed by atoms with E-state index in [0.717, 1.165) is 21.4 Å². The van der Waals surface area contributed by atoms with Crippen LogP contribution in [0.3, 0.4) is 0 Å². The third-order valence-corrected chi connectivity index (χ3v) is 3.96. The van der Waals surface area contributed by atoms with Crippen molar-refractivity contribution in [2.24, 2.45) is 10.7 Å². The van der Waals surface area contributed by atoms with Gasteiger partial charge in [0.15, 0.2) is 0 Å². The van der Waals surface area contributed by atoms with E-state index < -0.39 is 24.7 Å². The number of imidazole rings is 1.